The molecule has 92 valence electrons. The minimum atomic E-state index is -0.519. The van der Waals surface area contributed by atoms with E-state index in [1.165, 1.54) is 14.2 Å². The van der Waals surface area contributed by atoms with Crippen LogP contribution in [0.4, 0.5) is 0 Å². The lowest BCUT2D eigenvalue weighted by molar-refractivity contribution is -0.139. The summed E-state index contributed by atoms with van der Waals surface area (Å²) in [6.45, 7) is 1.97. The van der Waals surface area contributed by atoms with Crippen molar-refractivity contribution < 1.29 is 19.1 Å². The molecular formula is C13H16O4. The third-order valence-electron chi connectivity index (χ3n) is 2.52. The topological polar surface area (TPSA) is 52.6 Å². The molecule has 0 amide bonds. The molecule has 0 saturated heterocycles. The van der Waals surface area contributed by atoms with E-state index in [-0.39, 0.29) is 11.1 Å². The molecule has 0 spiro atoms. The fourth-order valence-electron chi connectivity index (χ4n) is 1.55. The van der Waals surface area contributed by atoms with Gasteiger partial charge in [-0.1, -0.05) is 23.8 Å². The van der Waals surface area contributed by atoms with Gasteiger partial charge in [0.15, 0.2) is 0 Å². The fraction of sp³-hybridized carbons (Fsp3) is 0.385. The van der Waals surface area contributed by atoms with Crippen LogP contribution in [-0.2, 0) is 19.1 Å². The molecule has 0 fully saturated rings. The summed E-state index contributed by atoms with van der Waals surface area (Å²) in [5.41, 5.74) is 1.68. The highest BCUT2D eigenvalue weighted by molar-refractivity contribution is 6.07. The zero-order valence-corrected chi connectivity index (χ0v) is 10.3. The van der Waals surface area contributed by atoms with Gasteiger partial charge in [-0.2, -0.15) is 0 Å². The largest absolute Gasteiger partial charge is 0.465 e. The minimum Gasteiger partial charge on any atom is -0.465 e. The third kappa shape index (κ3) is 3.31. The van der Waals surface area contributed by atoms with Gasteiger partial charge in [-0.15, -0.1) is 0 Å². The Hall–Kier alpha value is -1.84. The summed E-state index contributed by atoms with van der Waals surface area (Å²) in [4.78, 5) is 23.2. The molecule has 0 atom stereocenters. The second-order valence-corrected chi connectivity index (χ2v) is 3.71. The van der Waals surface area contributed by atoms with Crippen molar-refractivity contribution in [3.63, 3.8) is 0 Å². The molecule has 0 aromatic carbocycles. The lowest BCUT2D eigenvalue weighted by Gasteiger charge is -2.11. The molecule has 0 radical (unpaired) electrons. The van der Waals surface area contributed by atoms with Crippen LogP contribution in [0.25, 0.3) is 0 Å². The van der Waals surface area contributed by atoms with Gasteiger partial charge in [0, 0.05) is 0 Å². The average Bonchev–Trinajstić information content (AvgIpc) is 2.32. The van der Waals surface area contributed by atoms with Crippen LogP contribution in [0.1, 0.15) is 19.8 Å². The maximum absolute atomic E-state index is 11.6. The first kappa shape index (κ1) is 13.2. The zero-order chi connectivity index (χ0) is 12.8. The number of hydrogen-bond acceptors (Lipinski definition) is 4. The van der Waals surface area contributed by atoms with Gasteiger partial charge in [0.2, 0.25) is 0 Å². The summed E-state index contributed by atoms with van der Waals surface area (Å²) < 4.78 is 9.33. The van der Waals surface area contributed by atoms with Gasteiger partial charge in [0.1, 0.15) is 0 Å². The van der Waals surface area contributed by atoms with E-state index in [1.54, 1.807) is 12.2 Å². The highest BCUT2D eigenvalue weighted by Gasteiger charge is 2.22. The summed E-state index contributed by atoms with van der Waals surface area (Å²) >= 11 is 0. The predicted octanol–water partition coefficient (Wildman–Crippen LogP) is 1.93. The van der Waals surface area contributed by atoms with Gasteiger partial charge in [-0.3, -0.25) is 0 Å². The zero-order valence-electron chi connectivity index (χ0n) is 10.3. The summed E-state index contributed by atoms with van der Waals surface area (Å²) in [7, 11) is 2.58. The molecule has 0 unspecified atom stereocenters. The molecule has 1 aliphatic carbocycles. The van der Waals surface area contributed by atoms with Gasteiger partial charge in [-0.25, -0.2) is 9.59 Å². The monoisotopic (exact) mass is 236 g/mol. The first-order valence-corrected chi connectivity index (χ1v) is 5.33. The maximum atomic E-state index is 11.6. The Morgan fingerprint density at radius 2 is 1.53 bits per heavy atom. The molecular weight excluding hydrogens is 220 g/mol. The minimum absolute atomic E-state index is 0.267. The number of rotatable bonds is 2. The average molecular weight is 236 g/mol. The highest BCUT2D eigenvalue weighted by Crippen LogP contribution is 2.20. The van der Waals surface area contributed by atoms with Gasteiger partial charge < -0.3 is 9.47 Å². The second kappa shape index (κ2) is 6.03. The lowest BCUT2D eigenvalue weighted by atomic mass is 9.99. The van der Waals surface area contributed by atoms with Crippen LogP contribution in [0.5, 0.6) is 0 Å². The Balaban J connectivity index is 3.15. The number of ether oxygens (including phenoxy) is 2. The highest BCUT2D eigenvalue weighted by atomic mass is 16.5. The van der Waals surface area contributed by atoms with Gasteiger partial charge >= 0.3 is 11.9 Å². The van der Waals surface area contributed by atoms with E-state index in [2.05, 4.69) is 9.47 Å². The van der Waals surface area contributed by atoms with Crippen LogP contribution < -0.4 is 0 Å². The summed E-state index contributed by atoms with van der Waals surface area (Å²) in [6.07, 6.45) is 6.60. The number of allylic oxidation sites excluding steroid dienone is 4. The second-order valence-electron chi connectivity index (χ2n) is 3.71. The molecule has 0 bridgehead atoms. The number of esters is 2. The van der Waals surface area contributed by atoms with Crippen LogP contribution in [0.2, 0.25) is 0 Å². The van der Waals surface area contributed by atoms with Crippen molar-refractivity contribution in [1.82, 2.24) is 0 Å². The van der Waals surface area contributed by atoms with E-state index in [4.69, 9.17) is 0 Å². The van der Waals surface area contributed by atoms with Crippen LogP contribution in [-0.4, -0.2) is 26.2 Å². The van der Waals surface area contributed by atoms with E-state index in [9.17, 15) is 9.59 Å². The Labute approximate surface area is 101 Å². The first-order chi connectivity index (χ1) is 8.10. The maximum Gasteiger partial charge on any atom is 0.338 e. The molecule has 0 N–H and O–H groups in total. The van der Waals surface area contributed by atoms with Crippen LogP contribution in [0, 0.1) is 0 Å². The number of hydrogen-bond donors (Lipinski definition) is 0. The Kier molecular flexibility index (Phi) is 4.69. The molecule has 0 aromatic rings. The molecule has 4 nitrogen and oxygen atoms in total. The van der Waals surface area contributed by atoms with E-state index in [0.29, 0.717) is 12.8 Å². The molecule has 4 heteroatoms. The standard InChI is InChI=1S/C13H16O4/c1-9-5-4-6-10(12(14)16-2)11(8-7-9)13(15)17-3/h5-6,8H,4,7H2,1-3H3/b9-5-,10-6+,11-8+. The molecule has 0 aromatic heterocycles. The van der Waals surface area contributed by atoms with E-state index in [1.807, 2.05) is 13.0 Å². The quantitative estimate of drug-likeness (QED) is 0.543. The van der Waals surface area contributed by atoms with Gasteiger partial charge in [0.05, 0.1) is 25.4 Å². The fourth-order valence-corrected chi connectivity index (χ4v) is 1.55. The van der Waals surface area contributed by atoms with Crippen molar-refractivity contribution in [2.75, 3.05) is 14.2 Å². The van der Waals surface area contributed by atoms with Crippen molar-refractivity contribution in [2.24, 2.45) is 0 Å². The van der Waals surface area contributed by atoms with Crippen LogP contribution in [0.3, 0.4) is 0 Å². The molecule has 0 aliphatic heterocycles. The van der Waals surface area contributed by atoms with Gasteiger partial charge in [0.25, 0.3) is 0 Å². The van der Waals surface area contributed by atoms with Crippen molar-refractivity contribution in [3.05, 3.63) is 34.9 Å². The normalized spacial score (nSPS) is 25.0. The first-order valence-electron chi connectivity index (χ1n) is 5.33. The molecule has 17 heavy (non-hydrogen) atoms. The molecule has 1 rings (SSSR count). The number of methoxy groups -OCH3 is 2. The smallest absolute Gasteiger partial charge is 0.338 e. The molecule has 1 aliphatic rings. The van der Waals surface area contributed by atoms with Crippen molar-refractivity contribution >= 4 is 11.9 Å². The lowest BCUT2D eigenvalue weighted by Crippen LogP contribution is -2.15. The SMILES string of the molecule is COC(=O)C1=C/C/C=C(/C)C/C=C\1C(=O)OC. The van der Waals surface area contributed by atoms with Crippen molar-refractivity contribution in [2.45, 2.75) is 19.8 Å². The van der Waals surface area contributed by atoms with Crippen molar-refractivity contribution in [3.8, 4) is 0 Å². The van der Waals surface area contributed by atoms with E-state index in [0.717, 1.165) is 5.57 Å². The van der Waals surface area contributed by atoms with Crippen molar-refractivity contribution in [1.29, 1.82) is 0 Å². The summed E-state index contributed by atoms with van der Waals surface area (Å²) in [6, 6.07) is 0. The van der Waals surface area contributed by atoms with Gasteiger partial charge in [-0.05, 0) is 19.8 Å². The van der Waals surface area contributed by atoms with E-state index < -0.39 is 11.9 Å². The molecule has 0 saturated carbocycles. The number of carbonyl (C=O) groups is 2. The third-order valence-corrected chi connectivity index (χ3v) is 2.52. The molecule has 0 heterocycles. The van der Waals surface area contributed by atoms with Crippen LogP contribution >= 0.6 is 0 Å². The Morgan fingerprint density at radius 1 is 1.00 bits per heavy atom. The Bertz CT molecular complexity index is 413. The summed E-state index contributed by atoms with van der Waals surface area (Å²) in [5.74, 6) is -1.04. The van der Waals surface area contributed by atoms with Crippen LogP contribution in [0.15, 0.2) is 34.9 Å². The number of carbonyl (C=O) groups excluding carboxylic acids is 2. The summed E-state index contributed by atoms with van der Waals surface area (Å²) in [5, 5.41) is 0. The van der Waals surface area contributed by atoms with E-state index >= 15 is 0 Å². The predicted molar refractivity (Wildman–Crippen MR) is 63.2 cm³/mol. The Morgan fingerprint density at radius 3 is 2.06 bits per heavy atom.